The molecule has 0 saturated heterocycles. The molecule has 1 aliphatic heterocycles. The number of nitriles is 1. The van der Waals surface area contributed by atoms with Crippen molar-refractivity contribution in [1.29, 1.82) is 5.26 Å². The number of furan rings is 1. The Balaban J connectivity index is 1.56. The van der Waals surface area contributed by atoms with E-state index < -0.39 is 5.92 Å². The lowest BCUT2D eigenvalue weighted by atomic mass is 9.85. The van der Waals surface area contributed by atoms with Gasteiger partial charge in [0.15, 0.2) is 5.13 Å². The molecule has 0 aliphatic carbocycles. The lowest BCUT2D eigenvalue weighted by Gasteiger charge is -2.28. The minimum Gasteiger partial charge on any atom is -0.468 e. The van der Waals surface area contributed by atoms with Crippen LogP contribution in [0.3, 0.4) is 0 Å². The summed E-state index contributed by atoms with van der Waals surface area (Å²) in [6, 6.07) is 13.2. The first kappa shape index (κ1) is 23.4. The molecule has 0 fully saturated rings. The second-order valence-corrected chi connectivity index (χ2v) is 9.34. The largest absolute Gasteiger partial charge is 0.468 e. The number of nitrogens with zero attached hydrogens (tertiary/aromatic N) is 2. The van der Waals surface area contributed by atoms with Crippen molar-refractivity contribution in [2.45, 2.75) is 19.8 Å². The average Bonchev–Trinajstić information content (AvgIpc) is 3.53. The van der Waals surface area contributed by atoms with E-state index in [1.165, 1.54) is 29.4 Å². The highest BCUT2D eigenvalue weighted by atomic mass is 32.2. The topological polar surface area (TPSA) is 120 Å². The van der Waals surface area contributed by atoms with Crippen molar-refractivity contribution in [2.24, 2.45) is 0 Å². The Morgan fingerprint density at radius 1 is 1.24 bits per heavy atom. The van der Waals surface area contributed by atoms with Gasteiger partial charge in [-0.05, 0) is 38.1 Å². The first-order valence-corrected chi connectivity index (χ1v) is 12.2. The molecule has 172 valence electrons. The fourth-order valence-electron chi connectivity index (χ4n) is 3.49. The van der Waals surface area contributed by atoms with Gasteiger partial charge in [0, 0.05) is 23.0 Å². The second kappa shape index (κ2) is 10.4. The van der Waals surface area contributed by atoms with Crippen LogP contribution in [0.5, 0.6) is 0 Å². The Morgan fingerprint density at radius 3 is 2.68 bits per heavy atom. The molecule has 1 aromatic carbocycles. The van der Waals surface area contributed by atoms with Gasteiger partial charge >= 0.3 is 0 Å². The van der Waals surface area contributed by atoms with Gasteiger partial charge in [0.05, 0.1) is 40.2 Å². The van der Waals surface area contributed by atoms with Crippen LogP contribution in [0.15, 0.2) is 80.5 Å². The number of carbonyl (C=O) groups is 2. The summed E-state index contributed by atoms with van der Waals surface area (Å²) in [6.07, 6.45) is 3.10. The number of anilines is 2. The van der Waals surface area contributed by atoms with E-state index in [-0.39, 0.29) is 17.6 Å². The van der Waals surface area contributed by atoms with Gasteiger partial charge in [-0.15, -0.1) is 11.3 Å². The summed E-state index contributed by atoms with van der Waals surface area (Å²) in [4.78, 5) is 29.8. The number of thiazole rings is 1. The third-order valence-corrected chi connectivity index (χ3v) is 6.76. The molecule has 10 heteroatoms. The zero-order valence-electron chi connectivity index (χ0n) is 18.4. The Hall–Kier alpha value is -3.81. The highest BCUT2D eigenvalue weighted by molar-refractivity contribution is 8.03. The van der Waals surface area contributed by atoms with Gasteiger partial charge < -0.3 is 15.1 Å². The monoisotopic (exact) mass is 491 g/mol. The van der Waals surface area contributed by atoms with E-state index in [2.05, 4.69) is 27.0 Å². The van der Waals surface area contributed by atoms with Crippen LogP contribution in [-0.4, -0.2) is 22.6 Å². The van der Waals surface area contributed by atoms with Crippen molar-refractivity contribution in [3.63, 3.8) is 0 Å². The van der Waals surface area contributed by atoms with Crippen LogP contribution in [0.2, 0.25) is 0 Å². The number of aromatic nitrogens is 1. The first-order valence-electron chi connectivity index (χ1n) is 10.3. The van der Waals surface area contributed by atoms with E-state index in [9.17, 15) is 14.9 Å². The van der Waals surface area contributed by atoms with Crippen molar-refractivity contribution >= 4 is 45.7 Å². The summed E-state index contributed by atoms with van der Waals surface area (Å²) in [7, 11) is 0. The van der Waals surface area contributed by atoms with Crippen LogP contribution in [0, 0.1) is 18.3 Å². The number of hydrogen-bond acceptors (Lipinski definition) is 8. The number of dihydropyridines is 1. The number of benzene rings is 1. The minimum absolute atomic E-state index is 0.0835. The standard InChI is InChI=1S/C24H21N5O3S2/c1-14-5-7-16(8-6-14)28-19(30)13-34-23-17(12-25)21(18-4-3-10-32-18)20(15(2)27-23)22(31)29-24-26-9-11-33-24/h3-11,21,27H,13H2,1-2H3,(H,28,30)(H,26,29,31)/t21-/m1/s1. The Bertz CT molecular complexity index is 1290. The molecular weight excluding hydrogens is 470 g/mol. The maximum Gasteiger partial charge on any atom is 0.256 e. The number of allylic oxidation sites excluding steroid dienone is 2. The van der Waals surface area contributed by atoms with Crippen LogP contribution in [-0.2, 0) is 9.59 Å². The lowest BCUT2D eigenvalue weighted by Crippen LogP contribution is -2.31. The summed E-state index contributed by atoms with van der Waals surface area (Å²) in [5.74, 6) is -0.757. The summed E-state index contributed by atoms with van der Waals surface area (Å²) >= 11 is 2.50. The molecule has 3 N–H and O–H groups in total. The second-order valence-electron chi connectivity index (χ2n) is 7.46. The van der Waals surface area contributed by atoms with Gasteiger partial charge in [0.2, 0.25) is 5.91 Å². The van der Waals surface area contributed by atoms with Crippen molar-refractivity contribution in [2.75, 3.05) is 16.4 Å². The van der Waals surface area contributed by atoms with Crippen LogP contribution in [0.4, 0.5) is 10.8 Å². The van der Waals surface area contributed by atoms with E-state index in [0.29, 0.717) is 38.5 Å². The van der Waals surface area contributed by atoms with Crippen LogP contribution in [0.25, 0.3) is 0 Å². The molecule has 3 aromatic rings. The molecule has 0 spiro atoms. The fourth-order valence-corrected chi connectivity index (χ4v) is 4.90. The average molecular weight is 492 g/mol. The van der Waals surface area contributed by atoms with Crippen molar-refractivity contribution in [3.8, 4) is 6.07 Å². The van der Waals surface area contributed by atoms with E-state index in [4.69, 9.17) is 4.42 Å². The molecule has 2 aromatic heterocycles. The van der Waals surface area contributed by atoms with Crippen LogP contribution in [0.1, 0.15) is 24.2 Å². The third-order valence-electron chi connectivity index (χ3n) is 5.06. The molecule has 1 aliphatic rings. The smallest absolute Gasteiger partial charge is 0.256 e. The molecule has 4 rings (SSSR count). The van der Waals surface area contributed by atoms with Gasteiger partial charge in [-0.2, -0.15) is 5.26 Å². The quantitative estimate of drug-likeness (QED) is 0.436. The number of hydrogen-bond donors (Lipinski definition) is 3. The summed E-state index contributed by atoms with van der Waals surface area (Å²) in [5, 5.41) is 21.5. The van der Waals surface area contributed by atoms with Crippen molar-refractivity contribution < 1.29 is 14.0 Å². The lowest BCUT2D eigenvalue weighted by molar-refractivity contribution is -0.114. The predicted molar refractivity (Wildman–Crippen MR) is 133 cm³/mol. The predicted octanol–water partition coefficient (Wildman–Crippen LogP) is 4.75. The molecule has 0 unspecified atom stereocenters. The number of nitrogens with one attached hydrogen (secondary N) is 3. The van der Waals surface area contributed by atoms with Gasteiger partial charge in [-0.3, -0.25) is 14.9 Å². The zero-order chi connectivity index (χ0) is 24.1. The van der Waals surface area contributed by atoms with E-state index in [1.807, 2.05) is 31.2 Å². The van der Waals surface area contributed by atoms with Crippen LogP contribution >= 0.6 is 23.1 Å². The Kier molecular flexibility index (Phi) is 7.15. The van der Waals surface area contributed by atoms with Gasteiger partial charge in [-0.1, -0.05) is 29.5 Å². The maximum atomic E-state index is 13.2. The Labute approximate surface area is 204 Å². The van der Waals surface area contributed by atoms with Crippen molar-refractivity contribution in [3.05, 3.63) is 87.4 Å². The molecule has 3 heterocycles. The molecule has 0 saturated carbocycles. The summed E-state index contributed by atoms with van der Waals surface area (Å²) in [5.41, 5.74) is 3.03. The van der Waals surface area contributed by atoms with Crippen molar-refractivity contribution in [1.82, 2.24) is 10.3 Å². The Morgan fingerprint density at radius 2 is 2.03 bits per heavy atom. The molecular formula is C24H21N5O3S2. The van der Waals surface area contributed by atoms with Gasteiger partial charge in [-0.25, -0.2) is 4.98 Å². The van der Waals surface area contributed by atoms with E-state index in [1.54, 1.807) is 30.6 Å². The normalized spacial score (nSPS) is 15.5. The molecule has 1 atom stereocenters. The number of rotatable bonds is 7. The maximum absolute atomic E-state index is 13.2. The number of amides is 2. The molecule has 34 heavy (non-hydrogen) atoms. The molecule has 2 amide bonds. The molecule has 8 nitrogen and oxygen atoms in total. The van der Waals surface area contributed by atoms with E-state index in [0.717, 1.165) is 5.56 Å². The molecule has 0 radical (unpaired) electrons. The summed E-state index contributed by atoms with van der Waals surface area (Å²) < 4.78 is 5.60. The molecule has 0 bridgehead atoms. The first-order chi connectivity index (χ1) is 16.5. The fraction of sp³-hybridized carbons (Fsp3) is 0.167. The van der Waals surface area contributed by atoms with Gasteiger partial charge in [0.25, 0.3) is 5.91 Å². The minimum atomic E-state index is -0.719. The number of carbonyl (C=O) groups excluding carboxylic acids is 2. The van der Waals surface area contributed by atoms with Crippen LogP contribution < -0.4 is 16.0 Å². The highest BCUT2D eigenvalue weighted by Gasteiger charge is 2.36. The number of thioether (sulfide) groups is 1. The summed E-state index contributed by atoms with van der Waals surface area (Å²) in [6.45, 7) is 3.73. The number of aryl methyl sites for hydroxylation is 1. The van der Waals surface area contributed by atoms with E-state index >= 15 is 0 Å². The third kappa shape index (κ3) is 5.22. The highest BCUT2D eigenvalue weighted by Crippen LogP contribution is 2.41. The van der Waals surface area contributed by atoms with Gasteiger partial charge in [0.1, 0.15) is 5.76 Å². The SMILES string of the molecule is CC1=C(C(=O)Nc2nccs2)[C@@H](c2ccco2)C(C#N)=C(SCC(=O)Nc2ccc(C)cc2)N1. The zero-order valence-corrected chi connectivity index (χ0v) is 20.0.